The van der Waals surface area contributed by atoms with Gasteiger partial charge in [0.15, 0.2) is 0 Å². The van der Waals surface area contributed by atoms with Gasteiger partial charge in [-0.25, -0.2) is 0 Å². The molecule has 1 aromatic heterocycles. The van der Waals surface area contributed by atoms with Crippen molar-refractivity contribution in [1.82, 2.24) is 4.98 Å². The third-order valence-corrected chi connectivity index (χ3v) is 1.50. The van der Waals surface area contributed by atoms with E-state index in [9.17, 15) is 0 Å². The first-order valence-electron chi connectivity index (χ1n) is 4.38. The van der Waals surface area contributed by atoms with Crippen molar-refractivity contribution < 1.29 is 4.74 Å². The Morgan fingerprint density at radius 3 is 3.08 bits per heavy atom. The summed E-state index contributed by atoms with van der Waals surface area (Å²) in [5, 5.41) is 3.13. The minimum atomic E-state index is 0.610. The molecule has 0 radical (unpaired) electrons. The van der Waals surface area contributed by atoms with Gasteiger partial charge in [-0.15, -0.1) is 0 Å². The predicted molar refractivity (Wildman–Crippen MR) is 53.0 cm³/mol. The van der Waals surface area contributed by atoms with Crippen LogP contribution in [0.15, 0.2) is 18.5 Å². The number of anilines is 1. The summed E-state index contributed by atoms with van der Waals surface area (Å²) in [4.78, 5) is 4.03. The molecule has 0 fully saturated rings. The van der Waals surface area contributed by atoms with Crippen molar-refractivity contribution in [1.29, 1.82) is 0 Å². The molecule has 0 amide bonds. The van der Waals surface area contributed by atoms with Crippen LogP contribution in [-0.2, 0) is 0 Å². The molecule has 0 bridgehead atoms. The van der Waals surface area contributed by atoms with Crippen LogP contribution >= 0.6 is 0 Å². The monoisotopic (exact) mass is 181 g/mol. The molecule has 4 heteroatoms. The van der Waals surface area contributed by atoms with E-state index in [1.165, 1.54) is 0 Å². The molecule has 1 aromatic rings. The summed E-state index contributed by atoms with van der Waals surface area (Å²) in [7, 11) is 0. The van der Waals surface area contributed by atoms with Crippen molar-refractivity contribution in [2.75, 3.05) is 25.0 Å². The van der Waals surface area contributed by atoms with Crippen molar-refractivity contribution in [2.45, 2.75) is 6.92 Å². The fourth-order valence-corrected chi connectivity index (χ4v) is 0.978. The first-order chi connectivity index (χ1) is 6.36. The maximum absolute atomic E-state index is 5.36. The second-order valence-corrected chi connectivity index (χ2v) is 2.56. The van der Waals surface area contributed by atoms with Gasteiger partial charge in [0.25, 0.3) is 0 Å². The molecule has 1 rings (SSSR count). The van der Waals surface area contributed by atoms with Crippen molar-refractivity contribution in [3.8, 4) is 5.75 Å². The highest BCUT2D eigenvalue weighted by Crippen LogP contribution is 2.14. The van der Waals surface area contributed by atoms with Gasteiger partial charge in [0, 0.05) is 19.2 Å². The zero-order chi connectivity index (χ0) is 9.52. The van der Waals surface area contributed by atoms with E-state index in [1.807, 2.05) is 13.0 Å². The largest absolute Gasteiger partial charge is 0.492 e. The molecule has 1 heterocycles. The summed E-state index contributed by atoms with van der Waals surface area (Å²) in [5.41, 5.74) is 6.30. The Hall–Kier alpha value is -1.29. The summed E-state index contributed by atoms with van der Waals surface area (Å²) in [5.74, 6) is 0.782. The van der Waals surface area contributed by atoms with Gasteiger partial charge in [0.05, 0.1) is 24.7 Å². The van der Waals surface area contributed by atoms with Crippen LogP contribution in [0.5, 0.6) is 5.75 Å². The highest BCUT2D eigenvalue weighted by atomic mass is 16.5. The zero-order valence-electron chi connectivity index (χ0n) is 7.79. The predicted octanol–water partition coefficient (Wildman–Crippen LogP) is 0.851. The van der Waals surface area contributed by atoms with E-state index in [-0.39, 0.29) is 0 Å². The summed E-state index contributed by atoms with van der Waals surface area (Å²) in [6.45, 7) is 3.96. The second kappa shape index (κ2) is 5.37. The molecule has 0 aliphatic carbocycles. The first kappa shape index (κ1) is 9.80. The minimum absolute atomic E-state index is 0.610. The molecule has 3 N–H and O–H groups in total. The van der Waals surface area contributed by atoms with E-state index in [2.05, 4.69) is 10.3 Å². The summed E-state index contributed by atoms with van der Waals surface area (Å²) >= 11 is 0. The fourth-order valence-electron chi connectivity index (χ4n) is 0.978. The Labute approximate surface area is 78.1 Å². The molecule has 0 spiro atoms. The molecule has 0 saturated heterocycles. The standard InChI is InChI=1S/C9H15N3O/c1-2-13-9-5-8(6-11-7-9)12-4-3-10/h5-7,12H,2-4,10H2,1H3. The quantitative estimate of drug-likeness (QED) is 0.707. The van der Waals surface area contributed by atoms with Crippen LogP contribution in [0.25, 0.3) is 0 Å². The molecule has 0 aliphatic rings. The Kier molecular flexibility index (Phi) is 4.05. The Bertz CT molecular complexity index is 252. The Morgan fingerprint density at radius 2 is 2.38 bits per heavy atom. The van der Waals surface area contributed by atoms with Crippen molar-refractivity contribution >= 4 is 5.69 Å². The van der Waals surface area contributed by atoms with Crippen molar-refractivity contribution in [3.05, 3.63) is 18.5 Å². The molecule has 0 aromatic carbocycles. The summed E-state index contributed by atoms with van der Waals surface area (Å²) in [6, 6.07) is 1.91. The lowest BCUT2D eigenvalue weighted by atomic mass is 10.4. The van der Waals surface area contributed by atoms with E-state index >= 15 is 0 Å². The lowest BCUT2D eigenvalue weighted by molar-refractivity contribution is 0.339. The molecule has 4 nitrogen and oxygen atoms in total. The number of hydrogen-bond donors (Lipinski definition) is 2. The zero-order valence-corrected chi connectivity index (χ0v) is 7.79. The minimum Gasteiger partial charge on any atom is -0.492 e. The van der Waals surface area contributed by atoms with Gasteiger partial charge in [0.2, 0.25) is 0 Å². The number of rotatable bonds is 5. The SMILES string of the molecule is CCOc1cncc(NCCN)c1. The van der Waals surface area contributed by atoms with Crippen LogP contribution in [0.1, 0.15) is 6.92 Å². The van der Waals surface area contributed by atoms with Gasteiger partial charge in [-0.2, -0.15) is 0 Å². The van der Waals surface area contributed by atoms with Gasteiger partial charge >= 0.3 is 0 Å². The van der Waals surface area contributed by atoms with Gasteiger partial charge in [-0.1, -0.05) is 0 Å². The number of hydrogen-bond acceptors (Lipinski definition) is 4. The highest BCUT2D eigenvalue weighted by molar-refractivity contribution is 5.45. The fraction of sp³-hybridized carbons (Fsp3) is 0.444. The molecular formula is C9H15N3O. The molecule has 0 aliphatic heterocycles. The van der Waals surface area contributed by atoms with E-state index in [0.29, 0.717) is 13.2 Å². The second-order valence-electron chi connectivity index (χ2n) is 2.56. The average Bonchev–Trinajstić information content (AvgIpc) is 2.16. The number of nitrogens with two attached hydrogens (primary N) is 1. The van der Waals surface area contributed by atoms with E-state index in [4.69, 9.17) is 10.5 Å². The van der Waals surface area contributed by atoms with Crippen LogP contribution in [0, 0.1) is 0 Å². The highest BCUT2D eigenvalue weighted by Gasteiger charge is 1.95. The molecule has 72 valence electrons. The third-order valence-electron chi connectivity index (χ3n) is 1.50. The lowest BCUT2D eigenvalue weighted by Crippen LogP contribution is -2.13. The van der Waals surface area contributed by atoms with Gasteiger partial charge < -0.3 is 15.8 Å². The number of ether oxygens (including phenoxy) is 1. The van der Waals surface area contributed by atoms with Crippen LogP contribution in [-0.4, -0.2) is 24.7 Å². The third kappa shape index (κ3) is 3.29. The smallest absolute Gasteiger partial charge is 0.139 e. The van der Waals surface area contributed by atoms with Gasteiger partial charge in [-0.3, -0.25) is 4.98 Å². The number of nitrogens with zero attached hydrogens (tertiary/aromatic N) is 1. The number of nitrogens with one attached hydrogen (secondary N) is 1. The molecule has 0 unspecified atom stereocenters. The van der Waals surface area contributed by atoms with Crippen LogP contribution in [0.3, 0.4) is 0 Å². The van der Waals surface area contributed by atoms with Crippen LogP contribution in [0.2, 0.25) is 0 Å². The van der Waals surface area contributed by atoms with E-state index in [0.717, 1.165) is 18.0 Å². The maximum atomic E-state index is 5.36. The van der Waals surface area contributed by atoms with Crippen molar-refractivity contribution in [3.63, 3.8) is 0 Å². The normalized spacial score (nSPS) is 9.69. The van der Waals surface area contributed by atoms with Crippen LogP contribution in [0.4, 0.5) is 5.69 Å². The van der Waals surface area contributed by atoms with Crippen molar-refractivity contribution in [2.24, 2.45) is 5.73 Å². The molecule has 13 heavy (non-hydrogen) atoms. The first-order valence-corrected chi connectivity index (χ1v) is 4.38. The molecular weight excluding hydrogens is 166 g/mol. The lowest BCUT2D eigenvalue weighted by Gasteiger charge is -2.06. The van der Waals surface area contributed by atoms with E-state index in [1.54, 1.807) is 12.4 Å². The molecule has 0 atom stereocenters. The topological polar surface area (TPSA) is 60.2 Å². The average molecular weight is 181 g/mol. The number of pyridine rings is 1. The van der Waals surface area contributed by atoms with Gasteiger partial charge in [-0.05, 0) is 6.92 Å². The maximum Gasteiger partial charge on any atom is 0.139 e. The summed E-state index contributed by atoms with van der Waals surface area (Å²) < 4.78 is 5.29. The Morgan fingerprint density at radius 1 is 1.54 bits per heavy atom. The summed E-state index contributed by atoms with van der Waals surface area (Å²) in [6.07, 6.45) is 3.44. The number of aromatic nitrogens is 1. The van der Waals surface area contributed by atoms with E-state index < -0.39 is 0 Å². The van der Waals surface area contributed by atoms with Gasteiger partial charge in [0.1, 0.15) is 5.75 Å². The van der Waals surface area contributed by atoms with Crippen LogP contribution < -0.4 is 15.8 Å². The Balaban J connectivity index is 2.56. The molecule has 0 saturated carbocycles.